The zero-order chi connectivity index (χ0) is 13.0. The van der Waals surface area contributed by atoms with E-state index < -0.39 is 0 Å². The molecule has 1 atom stereocenters. The molecule has 1 unspecified atom stereocenters. The molecule has 0 radical (unpaired) electrons. The van der Waals surface area contributed by atoms with Gasteiger partial charge in [0.2, 0.25) is 0 Å². The first-order valence-electron chi connectivity index (χ1n) is 7.09. The standard InChI is InChI=1S/C14H26N4/c1-12-4-7-18(8-5-12)9-6-15-13(2)14-10-16-17(3)11-14/h10-13,15H,4-9H2,1-3H3. The van der Waals surface area contributed by atoms with E-state index in [9.17, 15) is 0 Å². The molecule has 2 heterocycles. The molecular formula is C14H26N4. The topological polar surface area (TPSA) is 33.1 Å². The van der Waals surface area contributed by atoms with Gasteiger partial charge in [-0.3, -0.25) is 4.68 Å². The van der Waals surface area contributed by atoms with Gasteiger partial charge in [0, 0.05) is 37.9 Å². The highest BCUT2D eigenvalue weighted by Gasteiger charge is 2.15. The predicted molar refractivity (Wildman–Crippen MR) is 74.5 cm³/mol. The zero-order valence-electron chi connectivity index (χ0n) is 11.9. The van der Waals surface area contributed by atoms with Gasteiger partial charge in [-0.1, -0.05) is 6.92 Å². The average Bonchev–Trinajstić information content (AvgIpc) is 2.78. The average molecular weight is 250 g/mol. The lowest BCUT2D eigenvalue weighted by molar-refractivity contribution is 0.191. The van der Waals surface area contributed by atoms with Crippen molar-refractivity contribution in [3.05, 3.63) is 18.0 Å². The Bertz CT molecular complexity index is 352. The van der Waals surface area contributed by atoms with Crippen molar-refractivity contribution in [1.82, 2.24) is 20.0 Å². The van der Waals surface area contributed by atoms with E-state index in [0.717, 1.165) is 19.0 Å². The minimum Gasteiger partial charge on any atom is -0.309 e. The third-order valence-electron chi connectivity index (χ3n) is 3.98. The predicted octanol–water partition coefficient (Wildman–Crippen LogP) is 1.80. The van der Waals surface area contributed by atoms with Crippen LogP contribution < -0.4 is 5.32 Å². The lowest BCUT2D eigenvalue weighted by Gasteiger charge is -2.30. The van der Waals surface area contributed by atoms with E-state index in [1.54, 1.807) is 0 Å². The third-order valence-corrected chi connectivity index (χ3v) is 3.98. The number of hydrogen-bond acceptors (Lipinski definition) is 3. The van der Waals surface area contributed by atoms with Gasteiger partial charge in [-0.2, -0.15) is 5.10 Å². The molecule has 0 saturated carbocycles. The highest BCUT2D eigenvalue weighted by molar-refractivity contribution is 5.08. The van der Waals surface area contributed by atoms with Gasteiger partial charge in [-0.15, -0.1) is 0 Å². The molecule has 1 aromatic heterocycles. The van der Waals surface area contributed by atoms with Crippen molar-refractivity contribution < 1.29 is 0 Å². The number of rotatable bonds is 5. The molecule has 0 aliphatic carbocycles. The fraction of sp³-hybridized carbons (Fsp3) is 0.786. The Kier molecular flexibility index (Phi) is 4.78. The summed E-state index contributed by atoms with van der Waals surface area (Å²) in [6.07, 6.45) is 6.75. The van der Waals surface area contributed by atoms with Crippen LogP contribution >= 0.6 is 0 Å². The second-order valence-corrected chi connectivity index (χ2v) is 5.65. The molecule has 102 valence electrons. The molecule has 1 N–H and O–H groups in total. The Morgan fingerprint density at radius 3 is 2.78 bits per heavy atom. The number of piperidine rings is 1. The summed E-state index contributed by atoms with van der Waals surface area (Å²) in [5.41, 5.74) is 1.27. The maximum absolute atomic E-state index is 4.21. The second kappa shape index (κ2) is 6.34. The maximum Gasteiger partial charge on any atom is 0.0537 e. The fourth-order valence-corrected chi connectivity index (χ4v) is 2.51. The van der Waals surface area contributed by atoms with Crippen molar-refractivity contribution in [2.24, 2.45) is 13.0 Å². The van der Waals surface area contributed by atoms with E-state index >= 15 is 0 Å². The monoisotopic (exact) mass is 250 g/mol. The van der Waals surface area contributed by atoms with E-state index in [1.165, 1.54) is 31.5 Å². The molecule has 18 heavy (non-hydrogen) atoms. The van der Waals surface area contributed by atoms with Crippen LogP contribution in [-0.4, -0.2) is 40.9 Å². The summed E-state index contributed by atoms with van der Waals surface area (Å²) in [7, 11) is 1.96. The van der Waals surface area contributed by atoms with Gasteiger partial charge in [0.1, 0.15) is 0 Å². The lowest BCUT2D eigenvalue weighted by atomic mass is 9.99. The molecule has 1 aromatic rings. The molecular weight excluding hydrogens is 224 g/mol. The van der Waals surface area contributed by atoms with E-state index in [2.05, 4.69) is 35.4 Å². The van der Waals surface area contributed by atoms with E-state index in [0.29, 0.717) is 6.04 Å². The Labute approximate surface area is 110 Å². The van der Waals surface area contributed by atoms with Crippen molar-refractivity contribution in [2.45, 2.75) is 32.7 Å². The smallest absolute Gasteiger partial charge is 0.0537 e. The van der Waals surface area contributed by atoms with E-state index in [4.69, 9.17) is 0 Å². The van der Waals surface area contributed by atoms with Crippen LogP contribution in [0.3, 0.4) is 0 Å². The quantitative estimate of drug-likeness (QED) is 0.865. The molecule has 1 saturated heterocycles. The number of aryl methyl sites for hydroxylation is 1. The highest BCUT2D eigenvalue weighted by atomic mass is 15.2. The summed E-state index contributed by atoms with van der Waals surface area (Å²) in [6, 6.07) is 0.391. The number of hydrogen-bond donors (Lipinski definition) is 1. The summed E-state index contributed by atoms with van der Waals surface area (Å²) in [6.45, 7) is 9.32. The molecule has 0 amide bonds. The van der Waals surface area contributed by atoms with Gasteiger partial charge in [0.05, 0.1) is 6.20 Å². The first-order valence-corrected chi connectivity index (χ1v) is 7.09. The minimum absolute atomic E-state index is 0.391. The molecule has 0 bridgehead atoms. The van der Waals surface area contributed by atoms with Crippen LogP contribution in [0.5, 0.6) is 0 Å². The summed E-state index contributed by atoms with van der Waals surface area (Å²) in [5, 5.41) is 7.79. The van der Waals surface area contributed by atoms with Crippen molar-refractivity contribution in [3.63, 3.8) is 0 Å². The highest BCUT2D eigenvalue weighted by Crippen LogP contribution is 2.15. The van der Waals surface area contributed by atoms with Gasteiger partial charge in [0.25, 0.3) is 0 Å². The lowest BCUT2D eigenvalue weighted by Crippen LogP contribution is -2.38. The Morgan fingerprint density at radius 1 is 1.44 bits per heavy atom. The molecule has 0 aromatic carbocycles. The summed E-state index contributed by atoms with van der Waals surface area (Å²) in [4.78, 5) is 2.57. The van der Waals surface area contributed by atoms with E-state index in [-0.39, 0.29) is 0 Å². The number of likely N-dealkylation sites (tertiary alicyclic amines) is 1. The van der Waals surface area contributed by atoms with Gasteiger partial charge in [-0.05, 0) is 38.8 Å². The van der Waals surface area contributed by atoms with Crippen LogP contribution in [0.2, 0.25) is 0 Å². The summed E-state index contributed by atoms with van der Waals surface area (Å²) >= 11 is 0. The molecule has 4 nitrogen and oxygen atoms in total. The molecule has 1 fully saturated rings. The van der Waals surface area contributed by atoms with Gasteiger partial charge < -0.3 is 10.2 Å². The van der Waals surface area contributed by atoms with Crippen molar-refractivity contribution in [1.29, 1.82) is 0 Å². The van der Waals surface area contributed by atoms with Crippen molar-refractivity contribution in [3.8, 4) is 0 Å². The summed E-state index contributed by atoms with van der Waals surface area (Å²) < 4.78 is 1.86. The van der Waals surface area contributed by atoms with Crippen molar-refractivity contribution in [2.75, 3.05) is 26.2 Å². The molecule has 1 aliphatic rings. The number of aromatic nitrogens is 2. The van der Waals surface area contributed by atoms with Crippen molar-refractivity contribution >= 4 is 0 Å². The minimum atomic E-state index is 0.391. The van der Waals surface area contributed by atoms with Crippen LogP contribution in [0.15, 0.2) is 12.4 Å². The Morgan fingerprint density at radius 2 is 2.17 bits per heavy atom. The van der Waals surface area contributed by atoms with Gasteiger partial charge >= 0.3 is 0 Å². The largest absolute Gasteiger partial charge is 0.309 e. The molecule has 4 heteroatoms. The van der Waals surface area contributed by atoms with Crippen LogP contribution in [-0.2, 0) is 7.05 Å². The van der Waals surface area contributed by atoms with E-state index in [1.807, 2.05) is 17.9 Å². The number of nitrogens with one attached hydrogen (secondary N) is 1. The Hall–Kier alpha value is -0.870. The van der Waals surface area contributed by atoms with Crippen LogP contribution in [0.25, 0.3) is 0 Å². The zero-order valence-corrected chi connectivity index (χ0v) is 11.9. The second-order valence-electron chi connectivity index (χ2n) is 5.65. The first-order chi connectivity index (χ1) is 8.65. The maximum atomic E-state index is 4.21. The molecule has 2 rings (SSSR count). The van der Waals surface area contributed by atoms with Crippen LogP contribution in [0, 0.1) is 5.92 Å². The fourth-order valence-electron chi connectivity index (χ4n) is 2.51. The first kappa shape index (κ1) is 13.6. The molecule has 0 spiro atoms. The summed E-state index contributed by atoms with van der Waals surface area (Å²) in [5.74, 6) is 0.920. The molecule has 1 aliphatic heterocycles. The van der Waals surface area contributed by atoms with Gasteiger partial charge in [0.15, 0.2) is 0 Å². The Balaban J connectivity index is 1.66. The van der Waals surface area contributed by atoms with Crippen LogP contribution in [0.1, 0.15) is 38.3 Å². The van der Waals surface area contributed by atoms with Gasteiger partial charge in [-0.25, -0.2) is 0 Å². The normalized spacial score (nSPS) is 20.2. The third kappa shape index (κ3) is 3.82. The van der Waals surface area contributed by atoms with Crippen LogP contribution in [0.4, 0.5) is 0 Å². The number of nitrogens with zero attached hydrogens (tertiary/aromatic N) is 3. The SMILES string of the molecule is CC1CCN(CCNC(C)c2cnn(C)c2)CC1.